The highest BCUT2D eigenvalue weighted by molar-refractivity contribution is 6.04. The molecule has 0 saturated heterocycles. The largest absolute Gasteiger partial charge is 0.495 e. The molecule has 2 aliphatic rings. The molecule has 0 bridgehead atoms. The van der Waals surface area contributed by atoms with E-state index < -0.39 is 0 Å². The van der Waals surface area contributed by atoms with Crippen molar-refractivity contribution in [3.8, 4) is 5.75 Å². The lowest BCUT2D eigenvalue weighted by Gasteiger charge is -2.42. The Morgan fingerprint density at radius 3 is 2.44 bits per heavy atom. The number of likely N-dealkylation sites (N-methyl/N-ethyl adjacent to an activating group) is 1. The molecule has 1 aliphatic heterocycles. The van der Waals surface area contributed by atoms with Gasteiger partial charge in [0.05, 0.1) is 19.0 Å². The Labute approximate surface area is 215 Å². The number of anilines is 4. The summed E-state index contributed by atoms with van der Waals surface area (Å²) in [6.07, 6.45) is 9.78. The van der Waals surface area contributed by atoms with E-state index >= 15 is 0 Å². The number of fused-ring (bicyclic) bond motifs is 1. The number of aromatic nitrogens is 2. The number of nitrogens with one attached hydrogen (secondary N) is 1. The van der Waals surface area contributed by atoms with E-state index in [-0.39, 0.29) is 23.8 Å². The van der Waals surface area contributed by atoms with Crippen molar-refractivity contribution < 1.29 is 14.3 Å². The molecule has 196 valence electrons. The lowest BCUT2D eigenvalue weighted by atomic mass is 9.91. The maximum atomic E-state index is 12.7. The maximum Gasteiger partial charge on any atom is 0.249 e. The van der Waals surface area contributed by atoms with E-state index in [9.17, 15) is 9.59 Å². The van der Waals surface area contributed by atoms with Crippen molar-refractivity contribution in [2.75, 3.05) is 29.3 Å². The molecule has 1 unspecified atom stereocenters. The third kappa shape index (κ3) is 6.15. The van der Waals surface area contributed by atoms with E-state index in [0.29, 0.717) is 40.9 Å². The summed E-state index contributed by atoms with van der Waals surface area (Å²) in [5, 5.41) is 3.17. The molecular formula is C28H41N5O3. The van der Waals surface area contributed by atoms with Crippen LogP contribution in [-0.2, 0) is 4.79 Å². The smallest absolute Gasteiger partial charge is 0.249 e. The molecule has 2 aromatic rings. The molecule has 1 aromatic heterocycles. The van der Waals surface area contributed by atoms with E-state index in [1.807, 2.05) is 25.7 Å². The van der Waals surface area contributed by atoms with Gasteiger partial charge in [0.25, 0.3) is 0 Å². The van der Waals surface area contributed by atoms with Gasteiger partial charge in [-0.1, -0.05) is 46.0 Å². The third-order valence-corrected chi connectivity index (χ3v) is 7.00. The zero-order valence-corrected chi connectivity index (χ0v) is 22.8. The van der Waals surface area contributed by atoms with Crippen molar-refractivity contribution in [3.63, 3.8) is 0 Å². The summed E-state index contributed by atoms with van der Waals surface area (Å²) in [5.74, 6) is 2.67. The normalized spacial score (nSPS) is 17.9. The number of methoxy groups -OCH3 is 1. The molecule has 1 N–H and O–H groups in total. The number of hydrogen-bond acceptors (Lipinski definition) is 7. The number of benzene rings is 1. The Bertz CT molecular complexity index is 1070. The summed E-state index contributed by atoms with van der Waals surface area (Å²) in [7, 11) is 3.30. The van der Waals surface area contributed by atoms with Gasteiger partial charge in [-0.15, -0.1) is 0 Å². The van der Waals surface area contributed by atoms with E-state index in [4.69, 9.17) is 9.72 Å². The van der Waals surface area contributed by atoms with Gasteiger partial charge in [0.2, 0.25) is 11.9 Å². The average molecular weight is 496 g/mol. The molecule has 0 spiro atoms. The number of amides is 1. The number of carbonyl (C=O) groups excluding carboxylic acids is 2. The fourth-order valence-electron chi connectivity index (χ4n) is 4.88. The molecule has 1 fully saturated rings. The number of hydrogen-bond donors (Lipinski definition) is 1. The van der Waals surface area contributed by atoms with Gasteiger partial charge in [-0.25, -0.2) is 4.98 Å². The maximum absolute atomic E-state index is 12.7. The molecule has 1 saturated carbocycles. The molecule has 4 rings (SSSR count). The first-order valence-electron chi connectivity index (χ1n) is 13.1. The fraction of sp³-hybridized carbons (Fsp3) is 0.571. The second-order valence-corrected chi connectivity index (χ2v) is 10.1. The van der Waals surface area contributed by atoms with E-state index in [0.717, 1.165) is 5.92 Å². The zero-order valence-electron chi connectivity index (χ0n) is 22.8. The number of ketones is 1. The predicted molar refractivity (Wildman–Crippen MR) is 146 cm³/mol. The van der Waals surface area contributed by atoms with E-state index in [1.54, 1.807) is 43.5 Å². The number of carbonyl (C=O) groups is 2. The first-order valence-corrected chi connectivity index (χ1v) is 13.1. The number of rotatable bonds is 6. The second-order valence-electron chi connectivity index (χ2n) is 10.1. The lowest BCUT2D eigenvalue weighted by Crippen LogP contribution is -2.54. The van der Waals surface area contributed by atoms with Crippen LogP contribution in [0.5, 0.6) is 5.75 Å². The van der Waals surface area contributed by atoms with Gasteiger partial charge >= 0.3 is 0 Å². The van der Waals surface area contributed by atoms with E-state index in [1.165, 1.54) is 39.0 Å². The highest BCUT2D eigenvalue weighted by Crippen LogP contribution is 2.37. The summed E-state index contributed by atoms with van der Waals surface area (Å²) in [5.41, 5.74) is 1.90. The minimum atomic E-state index is -0.264. The zero-order chi connectivity index (χ0) is 26.4. The first kappa shape index (κ1) is 27.4. The fourth-order valence-corrected chi connectivity index (χ4v) is 4.88. The number of ether oxygens (including phenoxy) is 1. The monoisotopic (exact) mass is 495 g/mol. The highest BCUT2D eigenvalue weighted by Gasteiger charge is 2.38. The second kappa shape index (κ2) is 12.2. The Morgan fingerprint density at radius 2 is 1.92 bits per heavy atom. The van der Waals surface area contributed by atoms with Crippen molar-refractivity contribution in [1.82, 2.24) is 9.97 Å². The van der Waals surface area contributed by atoms with Crippen LogP contribution in [0, 0.1) is 5.92 Å². The van der Waals surface area contributed by atoms with Gasteiger partial charge in [0.1, 0.15) is 17.5 Å². The average Bonchev–Trinajstić information content (AvgIpc) is 2.86. The first-order chi connectivity index (χ1) is 17.2. The van der Waals surface area contributed by atoms with Crippen molar-refractivity contribution in [1.29, 1.82) is 0 Å². The topological polar surface area (TPSA) is 87.7 Å². The van der Waals surface area contributed by atoms with Crippen molar-refractivity contribution >= 4 is 34.8 Å². The van der Waals surface area contributed by atoms with Gasteiger partial charge < -0.3 is 19.9 Å². The molecule has 8 heteroatoms. The van der Waals surface area contributed by atoms with Gasteiger partial charge in [0, 0.05) is 18.7 Å². The van der Waals surface area contributed by atoms with Crippen LogP contribution in [0.15, 0.2) is 24.4 Å². The molecule has 1 atom stereocenters. The number of Topliss-reactive ketones (excluding diaryl/α,β-unsaturated/α-hetero) is 1. The third-order valence-electron chi connectivity index (χ3n) is 7.00. The van der Waals surface area contributed by atoms with E-state index in [2.05, 4.69) is 17.2 Å². The Kier molecular flexibility index (Phi) is 9.29. The van der Waals surface area contributed by atoms with Crippen LogP contribution >= 0.6 is 0 Å². The van der Waals surface area contributed by atoms with Crippen LogP contribution in [0.4, 0.5) is 23.1 Å². The Morgan fingerprint density at radius 1 is 1.22 bits per heavy atom. The van der Waals surface area contributed by atoms with Gasteiger partial charge in [0.15, 0.2) is 11.6 Å². The molecule has 1 amide bonds. The van der Waals surface area contributed by atoms with Crippen LogP contribution in [0.1, 0.15) is 83.5 Å². The van der Waals surface area contributed by atoms with Crippen LogP contribution in [-0.4, -0.2) is 47.9 Å². The molecule has 1 aromatic carbocycles. The minimum Gasteiger partial charge on any atom is -0.495 e. The minimum absolute atomic E-state index is 0.0363. The molecule has 1 aliphatic carbocycles. The number of nitrogens with zero attached hydrogens (tertiary/aromatic N) is 4. The summed E-state index contributed by atoms with van der Waals surface area (Å²) >= 11 is 0. The Hall–Kier alpha value is -3.16. The van der Waals surface area contributed by atoms with Crippen LogP contribution in [0.25, 0.3) is 0 Å². The molecule has 0 radical (unpaired) electrons. The SMILES string of the molecule is CC1CCCCC1.CCC1C(=O)N(C)c2cnc(Nc3ccc(C(C)=O)cc3OC)nc2N1C(C)C. The summed E-state index contributed by atoms with van der Waals surface area (Å²) in [4.78, 5) is 37.1. The standard InChI is InChI=1S/C21H27N5O3.C7H14/c1-7-16-20(28)25(5)17-11-22-21(24-19(17)26(16)12(2)3)23-15-9-8-14(13(4)27)10-18(15)29-6;1-7-5-3-2-4-6-7/h8-12,16H,7H2,1-6H3,(H,22,23,24);7H,2-6H2,1H3. The predicted octanol–water partition coefficient (Wildman–Crippen LogP) is 5.99. The summed E-state index contributed by atoms with van der Waals surface area (Å²) < 4.78 is 5.41. The van der Waals surface area contributed by atoms with Gasteiger partial charge in [-0.3, -0.25) is 9.59 Å². The van der Waals surface area contributed by atoms with Gasteiger partial charge in [-0.05, 0) is 51.3 Å². The lowest BCUT2D eigenvalue weighted by molar-refractivity contribution is -0.120. The van der Waals surface area contributed by atoms with Crippen molar-refractivity contribution in [2.45, 2.75) is 85.2 Å². The molecular weight excluding hydrogens is 454 g/mol. The molecule has 2 heterocycles. The Balaban J connectivity index is 0.000000444. The van der Waals surface area contributed by atoms with Crippen molar-refractivity contribution in [2.24, 2.45) is 5.92 Å². The molecule has 36 heavy (non-hydrogen) atoms. The quantitative estimate of drug-likeness (QED) is 0.493. The van der Waals surface area contributed by atoms with Crippen LogP contribution in [0.2, 0.25) is 0 Å². The summed E-state index contributed by atoms with van der Waals surface area (Å²) in [6, 6.07) is 5.01. The van der Waals surface area contributed by atoms with Crippen LogP contribution in [0.3, 0.4) is 0 Å². The summed E-state index contributed by atoms with van der Waals surface area (Å²) in [6.45, 7) is 9.96. The highest BCUT2D eigenvalue weighted by atomic mass is 16.5. The van der Waals surface area contributed by atoms with Crippen molar-refractivity contribution in [3.05, 3.63) is 30.0 Å². The van der Waals surface area contributed by atoms with Gasteiger partial charge in [-0.2, -0.15) is 4.98 Å². The van der Waals surface area contributed by atoms with Crippen LogP contribution < -0.4 is 19.9 Å². The molecule has 8 nitrogen and oxygen atoms in total.